The van der Waals surface area contributed by atoms with Crippen molar-refractivity contribution < 1.29 is 13.9 Å². The van der Waals surface area contributed by atoms with Gasteiger partial charge in [0.05, 0.1) is 18.2 Å². The third-order valence-electron chi connectivity index (χ3n) is 3.78. The Morgan fingerprint density at radius 3 is 2.64 bits per heavy atom. The Kier molecular flexibility index (Phi) is 3.76. The zero-order chi connectivity index (χ0) is 15.9. The molecule has 0 radical (unpaired) electrons. The zero-order valence-corrected chi connectivity index (χ0v) is 12.5. The fourth-order valence-electron chi connectivity index (χ4n) is 2.65. The van der Waals surface area contributed by atoms with E-state index in [1.165, 1.54) is 18.1 Å². The summed E-state index contributed by atoms with van der Waals surface area (Å²) < 4.78 is 19.1. The summed E-state index contributed by atoms with van der Waals surface area (Å²) in [7, 11) is 1.51. The van der Waals surface area contributed by atoms with Crippen molar-refractivity contribution in [2.24, 2.45) is 5.73 Å². The second-order valence-electron chi connectivity index (χ2n) is 5.02. The van der Waals surface area contributed by atoms with Crippen LogP contribution in [0.2, 0.25) is 5.02 Å². The van der Waals surface area contributed by atoms with Crippen molar-refractivity contribution >= 4 is 23.2 Å². The maximum Gasteiger partial charge on any atom is 0.247 e. The lowest BCUT2D eigenvalue weighted by molar-refractivity contribution is -0.126. The second-order valence-corrected chi connectivity index (χ2v) is 5.43. The molecule has 2 aromatic carbocycles. The number of benzene rings is 2. The van der Waals surface area contributed by atoms with Crippen molar-refractivity contribution in [3.05, 3.63) is 58.9 Å². The van der Waals surface area contributed by atoms with E-state index in [1.54, 1.807) is 36.4 Å². The normalized spacial score (nSPS) is 20.7. The summed E-state index contributed by atoms with van der Waals surface area (Å²) in [6.45, 7) is 0. The quantitative estimate of drug-likeness (QED) is 0.885. The summed E-state index contributed by atoms with van der Waals surface area (Å²) >= 11 is 6.10. The van der Waals surface area contributed by atoms with Gasteiger partial charge in [-0.25, -0.2) is 4.39 Å². The molecule has 2 atom stereocenters. The molecule has 2 aromatic rings. The number of hydrogen-bond donors (Lipinski definition) is 1. The Balaban J connectivity index is 2.00. The van der Waals surface area contributed by atoms with Crippen LogP contribution in [-0.2, 0) is 4.79 Å². The van der Waals surface area contributed by atoms with Gasteiger partial charge in [0.1, 0.15) is 17.6 Å². The van der Waals surface area contributed by atoms with E-state index < -0.39 is 12.1 Å². The third-order valence-corrected chi connectivity index (χ3v) is 4.07. The SMILES string of the molecule is COc1ccc(N2C(=O)[C@@H](N)[C@H]2c2ccccc2F)cc1Cl. The molecule has 1 fully saturated rings. The average molecular weight is 321 g/mol. The van der Waals surface area contributed by atoms with Crippen molar-refractivity contribution in [1.29, 1.82) is 0 Å². The fraction of sp³-hybridized carbons (Fsp3) is 0.188. The molecule has 0 spiro atoms. The molecule has 1 saturated heterocycles. The van der Waals surface area contributed by atoms with Crippen LogP contribution in [0.15, 0.2) is 42.5 Å². The highest BCUT2D eigenvalue weighted by atomic mass is 35.5. The van der Waals surface area contributed by atoms with Crippen LogP contribution in [0.25, 0.3) is 0 Å². The van der Waals surface area contributed by atoms with Crippen LogP contribution < -0.4 is 15.4 Å². The topological polar surface area (TPSA) is 55.6 Å². The molecule has 1 heterocycles. The Labute approximate surface area is 132 Å². The number of halogens is 2. The summed E-state index contributed by atoms with van der Waals surface area (Å²) in [5.41, 5.74) is 6.82. The molecule has 0 bridgehead atoms. The van der Waals surface area contributed by atoms with Gasteiger partial charge in [-0.2, -0.15) is 0 Å². The average Bonchev–Trinajstić information content (AvgIpc) is 2.52. The summed E-state index contributed by atoms with van der Waals surface area (Å²) in [6, 6.07) is 9.95. The predicted molar refractivity (Wildman–Crippen MR) is 82.6 cm³/mol. The summed E-state index contributed by atoms with van der Waals surface area (Å²) in [4.78, 5) is 13.6. The Hall–Kier alpha value is -2.11. The first-order valence-corrected chi connectivity index (χ1v) is 7.09. The van der Waals surface area contributed by atoms with Gasteiger partial charge >= 0.3 is 0 Å². The van der Waals surface area contributed by atoms with Gasteiger partial charge in [0.2, 0.25) is 5.91 Å². The number of amides is 1. The van der Waals surface area contributed by atoms with Crippen LogP contribution in [0.5, 0.6) is 5.75 Å². The number of anilines is 1. The zero-order valence-electron chi connectivity index (χ0n) is 11.8. The Bertz CT molecular complexity index is 738. The van der Waals surface area contributed by atoms with E-state index in [4.69, 9.17) is 22.1 Å². The van der Waals surface area contributed by atoms with Crippen LogP contribution in [0.1, 0.15) is 11.6 Å². The van der Waals surface area contributed by atoms with Crippen LogP contribution in [0.3, 0.4) is 0 Å². The third kappa shape index (κ3) is 2.23. The van der Waals surface area contributed by atoms with Crippen LogP contribution in [-0.4, -0.2) is 19.1 Å². The number of carbonyl (C=O) groups excluding carboxylic acids is 1. The fourth-order valence-corrected chi connectivity index (χ4v) is 2.90. The summed E-state index contributed by atoms with van der Waals surface area (Å²) in [6.07, 6.45) is 0. The first kappa shape index (κ1) is 14.8. The number of hydrogen-bond acceptors (Lipinski definition) is 3. The Morgan fingerprint density at radius 2 is 2.00 bits per heavy atom. The van der Waals surface area contributed by atoms with Crippen molar-refractivity contribution in [3.8, 4) is 5.75 Å². The summed E-state index contributed by atoms with van der Waals surface area (Å²) in [5.74, 6) is -0.153. The molecular formula is C16H14ClFN2O2. The Morgan fingerprint density at radius 1 is 1.27 bits per heavy atom. The standard InChI is InChI=1S/C16H14ClFN2O2/c1-22-13-7-6-9(8-11(13)17)20-15(14(19)16(20)21)10-4-2-3-5-12(10)18/h2-8,14-15H,19H2,1H3/t14-,15+/m0/s1. The van der Waals surface area contributed by atoms with Gasteiger partial charge in [-0.1, -0.05) is 29.8 Å². The lowest BCUT2D eigenvalue weighted by atomic mass is 9.88. The molecule has 1 aliphatic rings. The molecular weight excluding hydrogens is 307 g/mol. The van der Waals surface area contributed by atoms with E-state index in [9.17, 15) is 9.18 Å². The highest BCUT2D eigenvalue weighted by molar-refractivity contribution is 6.32. The minimum atomic E-state index is -0.766. The molecule has 0 unspecified atom stereocenters. The molecule has 1 aliphatic heterocycles. The minimum absolute atomic E-state index is 0.269. The molecule has 0 aliphatic carbocycles. The second kappa shape index (κ2) is 5.59. The van der Waals surface area contributed by atoms with E-state index in [0.717, 1.165) is 0 Å². The molecule has 22 heavy (non-hydrogen) atoms. The molecule has 1 amide bonds. The number of nitrogens with zero attached hydrogens (tertiary/aromatic N) is 1. The van der Waals surface area contributed by atoms with Gasteiger partial charge in [-0.3, -0.25) is 4.79 Å². The predicted octanol–water partition coefficient (Wildman–Crippen LogP) is 2.90. The number of rotatable bonds is 3. The van der Waals surface area contributed by atoms with Gasteiger partial charge in [-0.15, -0.1) is 0 Å². The van der Waals surface area contributed by atoms with E-state index in [0.29, 0.717) is 22.0 Å². The van der Waals surface area contributed by atoms with E-state index in [2.05, 4.69) is 0 Å². The number of β-lactam (4-membered cyclic amide) rings is 1. The molecule has 4 nitrogen and oxygen atoms in total. The van der Waals surface area contributed by atoms with Crippen LogP contribution >= 0.6 is 11.6 Å². The molecule has 6 heteroatoms. The van der Waals surface area contributed by atoms with Crippen LogP contribution in [0, 0.1) is 5.82 Å². The van der Waals surface area contributed by atoms with Gasteiger partial charge in [0.15, 0.2) is 0 Å². The first-order chi connectivity index (χ1) is 10.5. The number of carbonyl (C=O) groups is 1. The van der Waals surface area contributed by atoms with Crippen molar-refractivity contribution in [2.75, 3.05) is 12.0 Å². The molecule has 0 aromatic heterocycles. The molecule has 114 valence electrons. The number of nitrogens with two attached hydrogens (primary N) is 1. The van der Waals surface area contributed by atoms with Crippen molar-refractivity contribution in [1.82, 2.24) is 0 Å². The smallest absolute Gasteiger partial charge is 0.247 e. The number of methoxy groups -OCH3 is 1. The summed E-state index contributed by atoms with van der Waals surface area (Å²) in [5, 5.41) is 0.376. The van der Waals surface area contributed by atoms with Crippen LogP contribution in [0.4, 0.5) is 10.1 Å². The monoisotopic (exact) mass is 320 g/mol. The molecule has 3 rings (SSSR count). The number of ether oxygens (including phenoxy) is 1. The van der Waals surface area contributed by atoms with Gasteiger partial charge in [0.25, 0.3) is 0 Å². The highest BCUT2D eigenvalue weighted by Crippen LogP contribution is 2.41. The molecule has 2 N–H and O–H groups in total. The maximum absolute atomic E-state index is 14.0. The lowest BCUT2D eigenvalue weighted by Crippen LogP contribution is -2.63. The van der Waals surface area contributed by atoms with E-state index in [-0.39, 0.29) is 11.7 Å². The minimum Gasteiger partial charge on any atom is -0.495 e. The molecule has 0 saturated carbocycles. The first-order valence-electron chi connectivity index (χ1n) is 6.71. The largest absolute Gasteiger partial charge is 0.495 e. The van der Waals surface area contributed by atoms with Gasteiger partial charge in [-0.05, 0) is 24.3 Å². The van der Waals surface area contributed by atoms with Crippen molar-refractivity contribution in [2.45, 2.75) is 12.1 Å². The lowest BCUT2D eigenvalue weighted by Gasteiger charge is -2.45. The van der Waals surface area contributed by atoms with Crippen molar-refractivity contribution in [3.63, 3.8) is 0 Å². The van der Waals surface area contributed by atoms with Gasteiger partial charge < -0.3 is 15.4 Å². The van der Waals surface area contributed by atoms with E-state index in [1.807, 2.05) is 0 Å². The van der Waals surface area contributed by atoms with E-state index >= 15 is 0 Å². The highest BCUT2D eigenvalue weighted by Gasteiger charge is 2.47. The van der Waals surface area contributed by atoms with Gasteiger partial charge in [0, 0.05) is 11.3 Å². The maximum atomic E-state index is 14.0.